The molecule has 0 saturated carbocycles. The van der Waals surface area contributed by atoms with Gasteiger partial charge in [-0.3, -0.25) is 4.90 Å². The Morgan fingerprint density at radius 2 is 1.80 bits per heavy atom. The molecule has 1 amide bonds. The van der Waals surface area contributed by atoms with Crippen molar-refractivity contribution in [2.24, 2.45) is 0 Å². The molecule has 0 radical (unpaired) electrons. The van der Waals surface area contributed by atoms with Crippen molar-refractivity contribution < 1.29 is 14.3 Å². The molecule has 20 heavy (non-hydrogen) atoms. The molecular weight excluding hydrogens is 256 g/mol. The van der Waals surface area contributed by atoms with Gasteiger partial charge in [-0.05, 0) is 55.0 Å². The number of nitrogens with one attached hydrogen (secondary N) is 1. The largest absolute Gasteiger partial charge is 0.444 e. The van der Waals surface area contributed by atoms with E-state index in [9.17, 15) is 4.79 Å². The molecule has 2 atom stereocenters. The van der Waals surface area contributed by atoms with Gasteiger partial charge >= 0.3 is 6.09 Å². The average Bonchev–Trinajstić information content (AvgIpc) is 2.50. The van der Waals surface area contributed by atoms with E-state index in [1.165, 1.54) is 0 Å². The SMILES string of the molecule is CN1C[C@H](OC(C)(C)C)C[C@H]1CNC(=O)OC(C)(C)C. The molecule has 1 N–H and O–H groups in total. The van der Waals surface area contributed by atoms with Crippen LogP contribution in [0, 0.1) is 0 Å². The van der Waals surface area contributed by atoms with Crippen LogP contribution < -0.4 is 5.32 Å². The summed E-state index contributed by atoms with van der Waals surface area (Å²) in [4.78, 5) is 13.9. The second-order valence-electron chi connectivity index (χ2n) is 7.56. The van der Waals surface area contributed by atoms with Crippen LogP contribution in [0.2, 0.25) is 0 Å². The van der Waals surface area contributed by atoms with Crippen molar-refractivity contribution in [1.29, 1.82) is 0 Å². The first kappa shape index (κ1) is 17.2. The van der Waals surface area contributed by atoms with Gasteiger partial charge in [0, 0.05) is 19.1 Å². The average molecular weight is 286 g/mol. The Morgan fingerprint density at radius 1 is 1.20 bits per heavy atom. The molecule has 0 aromatic rings. The summed E-state index contributed by atoms with van der Waals surface area (Å²) in [5.74, 6) is 0. The number of carbonyl (C=O) groups is 1. The van der Waals surface area contributed by atoms with E-state index in [-0.39, 0.29) is 17.8 Å². The fourth-order valence-corrected chi connectivity index (χ4v) is 2.37. The van der Waals surface area contributed by atoms with Gasteiger partial charge in [0.15, 0.2) is 0 Å². The van der Waals surface area contributed by atoms with Crippen LogP contribution in [0.5, 0.6) is 0 Å². The number of amides is 1. The lowest BCUT2D eigenvalue weighted by Gasteiger charge is -2.24. The maximum absolute atomic E-state index is 11.6. The highest BCUT2D eigenvalue weighted by atomic mass is 16.6. The van der Waals surface area contributed by atoms with Gasteiger partial charge in [0.1, 0.15) is 5.60 Å². The van der Waals surface area contributed by atoms with E-state index in [2.05, 4.69) is 38.0 Å². The standard InChI is InChI=1S/C15H30N2O3/c1-14(2,3)19-12-8-11(17(7)10-12)9-16-13(18)20-15(4,5)6/h11-12H,8-10H2,1-7H3,(H,16,18)/t11-,12+/m0/s1. The zero-order valence-corrected chi connectivity index (χ0v) is 13.9. The lowest BCUT2D eigenvalue weighted by atomic mass is 10.1. The summed E-state index contributed by atoms with van der Waals surface area (Å²) < 4.78 is 11.2. The van der Waals surface area contributed by atoms with Crippen LogP contribution in [-0.4, -0.2) is 54.5 Å². The summed E-state index contributed by atoms with van der Waals surface area (Å²) in [7, 11) is 2.06. The maximum atomic E-state index is 11.6. The van der Waals surface area contributed by atoms with Crippen LogP contribution >= 0.6 is 0 Å². The second kappa shape index (κ2) is 6.31. The Morgan fingerprint density at radius 3 is 2.30 bits per heavy atom. The molecule has 0 spiro atoms. The first-order chi connectivity index (χ1) is 8.96. The predicted octanol–water partition coefficient (Wildman–Crippen LogP) is 2.40. The second-order valence-corrected chi connectivity index (χ2v) is 7.56. The minimum atomic E-state index is -0.455. The number of likely N-dealkylation sites (N-methyl/N-ethyl adjacent to an activating group) is 1. The molecule has 1 aliphatic rings. The first-order valence-electron chi connectivity index (χ1n) is 7.31. The van der Waals surface area contributed by atoms with E-state index >= 15 is 0 Å². The first-order valence-corrected chi connectivity index (χ1v) is 7.31. The van der Waals surface area contributed by atoms with Gasteiger partial charge in [-0.1, -0.05) is 0 Å². The maximum Gasteiger partial charge on any atom is 0.407 e. The number of hydrogen-bond acceptors (Lipinski definition) is 4. The molecule has 5 nitrogen and oxygen atoms in total. The van der Waals surface area contributed by atoms with Crippen molar-refractivity contribution in [3.63, 3.8) is 0 Å². The summed E-state index contributed by atoms with van der Waals surface area (Å²) >= 11 is 0. The van der Waals surface area contributed by atoms with Crippen LogP contribution in [0.1, 0.15) is 48.0 Å². The Balaban J connectivity index is 2.36. The Labute approximate surface area is 123 Å². The number of carbonyl (C=O) groups excluding carboxylic acids is 1. The van der Waals surface area contributed by atoms with E-state index in [1.54, 1.807) is 0 Å². The lowest BCUT2D eigenvalue weighted by Crippen LogP contribution is -2.40. The van der Waals surface area contributed by atoms with Crippen LogP contribution in [0.3, 0.4) is 0 Å². The number of hydrogen-bond donors (Lipinski definition) is 1. The minimum absolute atomic E-state index is 0.126. The van der Waals surface area contributed by atoms with E-state index in [0.717, 1.165) is 13.0 Å². The van der Waals surface area contributed by atoms with E-state index in [4.69, 9.17) is 9.47 Å². The monoisotopic (exact) mass is 286 g/mol. The number of likely N-dealkylation sites (tertiary alicyclic amines) is 1. The number of rotatable bonds is 3. The fourth-order valence-electron chi connectivity index (χ4n) is 2.37. The topological polar surface area (TPSA) is 50.8 Å². The van der Waals surface area contributed by atoms with E-state index in [0.29, 0.717) is 12.6 Å². The molecule has 1 aliphatic heterocycles. The summed E-state index contributed by atoms with van der Waals surface area (Å²) in [6.45, 7) is 13.3. The summed E-state index contributed by atoms with van der Waals surface area (Å²) in [6.07, 6.45) is 0.806. The van der Waals surface area contributed by atoms with Crippen LogP contribution in [-0.2, 0) is 9.47 Å². The summed E-state index contributed by atoms with van der Waals surface area (Å²) in [5, 5.41) is 2.84. The zero-order chi connectivity index (χ0) is 15.6. The summed E-state index contributed by atoms with van der Waals surface area (Å²) in [5.41, 5.74) is -0.581. The van der Waals surface area contributed by atoms with Gasteiger partial charge in [-0.2, -0.15) is 0 Å². The molecule has 1 heterocycles. The molecule has 1 rings (SSSR count). The smallest absolute Gasteiger partial charge is 0.407 e. The third-order valence-electron chi connectivity index (χ3n) is 3.05. The Bertz CT molecular complexity index is 331. The molecule has 118 valence electrons. The molecule has 5 heteroatoms. The highest BCUT2D eigenvalue weighted by molar-refractivity contribution is 5.67. The van der Waals surface area contributed by atoms with E-state index in [1.807, 2.05) is 20.8 Å². The lowest BCUT2D eigenvalue weighted by molar-refractivity contribution is -0.0534. The van der Waals surface area contributed by atoms with Crippen molar-refractivity contribution in [2.75, 3.05) is 20.1 Å². The van der Waals surface area contributed by atoms with Crippen LogP contribution in [0.15, 0.2) is 0 Å². The third kappa shape index (κ3) is 6.57. The van der Waals surface area contributed by atoms with Gasteiger partial charge in [-0.25, -0.2) is 4.79 Å². The molecule has 1 fully saturated rings. The number of ether oxygens (including phenoxy) is 2. The van der Waals surface area contributed by atoms with Gasteiger partial charge in [0.2, 0.25) is 0 Å². The van der Waals surface area contributed by atoms with Crippen LogP contribution in [0.4, 0.5) is 4.79 Å². The van der Waals surface area contributed by atoms with Crippen molar-refractivity contribution in [3.8, 4) is 0 Å². The molecule has 0 aromatic carbocycles. The molecule has 0 aliphatic carbocycles. The van der Waals surface area contributed by atoms with Crippen molar-refractivity contribution in [2.45, 2.75) is 71.3 Å². The predicted molar refractivity (Wildman–Crippen MR) is 79.9 cm³/mol. The van der Waals surface area contributed by atoms with Gasteiger partial charge in [0.25, 0.3) is 0 Å². The number of nitrogens with zero attached hydrogens (tertiary/aromatic N) is 1. The normalized spacial score (nSPS) is 24.8. The quantitative estimate of drug-likeness (QED) is 0.865. The van der Waals surface area contributed by atoms with Gasteiger partial charge in [-0.15, -0.1) is 0 Å². The van der Waals surface area contributed by atoms with Crippen molar-refractivity contribution in [1.82, 2.24) is 10.2 Å². The Kier molecular flexibility index (Phi) is 5.44. The van der Waals surface area contributed by atoms with Crippen molar-refractivity contribution in [3.05, 3.63) is 0 Å². The molecule has 0 bridgehead atoms. The highest BCUT2D eigenvalue weighted by Gasteiger charge is 2.33. The zero-order valence-electron chi connectivity index (χ0n) is 13.9. The highest BCUT2D eigenvalue weighted by Crippen LogP contribution is 2.22. The third-order valence-corrected chi connectivity index (χ3v) is 3.05. The fraction of sp³-hybridized carbons (Fsp3) is 0.933. The van der Waals surface area contributed by atoms with E-state index < -0.39 is 5.60 Å². The number of alkyl carbamates (subject to hydrolysis) is 1. The molecule has 1 saturated heterocycles. The minimum Gasteiger partial charge on any atom is -0.444 e. The van der Waals surface area contributed by atoms with Crippen LogP contribution in [0.25, 0.3) is 0 Å². The molecular formula is C15H30N2O3. The molecule has 0 unspecified atom stereocenters. The van der Waals surface area contributed by atoms with Gasteiger partial charge in [0.05, 0.1) is 11.7 Å². The molecule has 0 aromatic heterocycles. The Hall–Kier alpha value is -0.810. The van der Waals surface area contributed by atoms with Crippen molar-refractivity contribution >= 4 is 6.09 Å². The van der Waals surface area contributed by atoms with Gasteiger partial charge < -0.3 is 14.8 Å². The summed E-state index contributed by atoms with van der Waals surface area (Å²) in [6, 6.07) is 0.301.